The molecule has 0 aliphatic heterocycles. The lowest BCUT2D eigenvalue weighted by Gasteiger charge is -2.01. The number of methoxy groups -OCH3 is 1. The molecule has 0 spiro atoms. The summed E-state index contributed by atoms with van der Waals surface area (Å²) in [7, 11) is 1.63. The van der Waals surface area contributed by atoms with E-state index in [2.05, 4.69) is 15.6 Å². The first-order valence-electron chi connectivity index (χ1n) is 5.79. The van der Waals surface area contributed by atoms with E-state index < -0.39 is 11.9 Å². The minimum Gasteiger partial charge on any atom is -0.383 e. The van der Waals surface area contributed by atoms with Gasteiger partial charge in [-0.1, -0.05) is 5.21 Å². The fourth-order valence-electron chi connectivity index (χ4n) is 1.34. The molecule has 4 N–H and O–H groups in total. The average molecular weight is 270 g/mol. The molecule has 0 aliphatic carbocycles. The minimum absolute atomic E-state index is 0.114. The van der Waals surface area contributed by atoms with Crippen molar-refractivity contribution < 1.29 is 14.3 Å². The van der Waals surface area contributed by atoms with Crippen molar-refractivity contribution in [3.8, 4) is 0 Å². The summed E-state index contributed by atoms with van der Waals surface area (Å²) >= 11 is 0. The van der Waals surface area contributed by atoms with E-state index in [1.54, 1.807) is 13.3 Å². The molecule has 0 radical (unpaired) electrons. The zero-order chi connectivity index (χ0) is 14.1. The first kappa shape index (κ1) is 15.1. The van der Waals surface area contributed by atoms with Gasteiger partial charge in [0.05, 0.1) is 18.8 Å². The molecule has 0 aliphatic rings. The monoisotopic (exact) mass is 270 g/mol. The van der Waals surface area contributed by atoms with E-state index in [9.17, 15) is 9.59 Å². The quantitative estimate of drug-likeness (QED) is 0.499. The number of carbonyl (C=O) groups excluding carboxylic acids is 2. The van der Waals surface area contributed by atoms with Crippen LogP contribution in [0, 0.1) is 0 Å². The van der Waals surface area contributed by atoms with Gasteiger partial charge in [0.1, 0.15) is 0 Å². The van der Waals surface area contributed by atoms with Gasteiger partial charge in [0, 0.05) is 32.8 Å². The smallest absolute Gasteiger partial charge is 0.318 e. The van der Waals surface area contributed by atoms with Gasteiger partial charge in [-0.25, -0.2) is 4.79 Å². The molecule has 9 nitrogen and oxygen atoms in total. The fraction of sp³-hybridized carbons (Fsp3) is 0.600. The van der Waals surface area contributed by atoms with Crippen LogP contribution in [0.5, 0.6) is 0 Å². The van der Waals surface area contributed by atoms with Crippen molar-refractivity contribution in [2.75, 3.05) is 20.3 Å². The fourth-order valence-corrected chi connectivity index (χ4v) is 1.34. The number of nitrogens with two attached hydrogens (primary N) is 1. The van der Waals surface area contributed by atoms with Crippen molar-refractivity contribution >= 4 is 11.9 Å². The molecule has 1 aromatic heterocycles. The van der Waals surface area contributed by atoms with Crippen LogP contribution >= 0.6 is 0 Å². The summed E-state index contributed by atoms with van der Waals surface area (Å²) in [5, 5.41) is 12.9. The second kappa shape index (κ2) is 8.16. The molecule has 3 amide bonds. The molecule has 0 bridgehead atoms. The van der Waals surface area contributed by atoms with Crippen LogP contribution in [0.1, 0.15) is 12.1 Å². The lowest BCUT2D eigenvalue weighted by molar-refractivity contribution is -0.120. The number of hydrogen-bond acceptors (Lipinski definition) is 6. The number of rotatable bonds is 8. The summed E-state index contributed by atoms with van der Waals surface area (Å²) in [6, 6.07) is -0.855. The molecule has 0 atom stereocenters. The molecule has 106 valence electrons. The van der Waals surface area contributed by atoms with Crippen molar-refractivity contribution in [1.29, 1.82) is 0 Å². The highest BCUT2D eigenvalue weighted by Crippen LogP contribution is 1.94. The number of carbonyl (C=O) groups is 2. The third-order valence-corrected chi connectivity index (χ3v) is 2.21. The first-order valence-corrected chi connectivity index (χ1v) is 5.79. The number of urea groups is 1. The molecular formula is C10H18N6O3. The Morgan fingerprint density at radius 3 is 3.00 bits per heavy atom. The molecule has 0 saturated carbocycles. The van der Waals surface area contributed by atoms with Crippen molar-refractivity contribution in [2.45, 2.75) is 19.5 Å². The first-order chi connectivity index (χ1) is 9.11. The third kappa shape index (κ3) is 6.48. The lowest BCUT2D eigenvalue weighted by Crippen LogP contribution is -2.35. The Morgan fingerprint density at radius 2 is 2.32 bits per heavy atom. The maximum atomic E-state index is 11.2. The highest BCUT2D eigenvalue weighted by molar-refractivity contribution is 5.93. The molecular weight excluding hydrogens is 252 g/mol. The minimum atomic E-state index is -0.855. The molecule has 1 aromatic rings. The van der Waals surface area contributed by atoms with Gasteiger partial charge in [0.25, 0.3) is 0 Å². The number of hydrogen-bond donors (Lipinski definition) is 3. The molecule has 19 heavy (non-hydrogen) atoms. The molecule has 0 fully saturated rings. The van der Waals surface area contributed by atoms with Gasteiger partial charge in [0.15, 0.2) is 0 Å². The largest absolute Gasteiger partial charge is 0.383 e. The van der Waals surface area contributed by atoms with Crippen LogP contribution < -0.4 is 16.4 Å². The van der Waals surface area contributed by atoms with Crippen LogP contribution in [0.15, 0.2) is 6.20 Å². The van der Waals surface area contributed by atoms with E-state index in [1.807, 2.05) is 5.32 Å². The van der Waals surface area contributed by atoms with Crippen LogP contribution in [0.3, 0.4) is 0 Å². The zero-order valence-corrected chi connectivity index (χ0v) is 10.8. The Balaban J connectivity index is 2.26. The number of primary amides is 1. The normalized spacial score (nSPS) is 10.4. The molecule has 0 saturated heterocycles. The summed E-state index contributed by atoms with van der Waals surface area (Å²) in [6.45, 7) is 2.27. The molecule has 0 unspecified atom stereocenters. The predicted molar refractivity (Wildman–Crippen MR) is 65.9 cm³/mol. The summed E-state index contributed by atoms with van der Waals surface area (Å²) in [4.78, 5) is 21.6. The molecule has 0 aromatic carbocycles. The van der Waals surface area contributed by atoms with Gasteiger partial charge in [-0.2, -0.15) is 0 Å². The van der Waals surface area contributed by atoms with Gasteiger partial charge in [0.2, 0.25) is 5.91 Å². The Kier molecular flexibility index (Phi) is 6.47. The summed E-state index contributed by atoms with van der Waals surface area (Å²) < 4.78 is 6.43. The van der Waals surface area contributed by atoms with Crippen LogP contribution in [0.2, 0.25) is 0 Å². The van der Waals surface area contributed by atoms with Crippen molar-refractivity contribution in [2.24, 2.45) is 5.73 Å². The van der Waals surface area contributed by atoms with Crippen molar-refractivity contribution in [3.63, 3.8) is 0 Å². The third-order valence-electron chi connectivity index (χ3n) is 2.21. The lowest BCUT2D eigenvalue weighted by atomic mass is 10.4. The number of nitrogens with zero attached hydrogens (tertiary/aromatic N) is 3. The molecule has 9 heteroatoms. The summed E-state index contributed by atoms with van der Waals surface area (Å²) in [5.41, 5.74) is 5.59. The second-order valence-corrected chi connectivity index (χ2v) is 3.80. The number of aryl methyl sites for hydroxylation is 1. The van der Waals surface area contributed by atoms with Crippen LogP contribution in [0.25, 0.3) is 0 Å². The number of nitrogens with one attached hydrogen (secondary N) is 2. The van der Waals surface area contributed by atoms with Gasteiger partial charge < -0.3 is 15.8 Å². The van der Waals surface area contributed by atoms with Gasteiger partial charge in [-0.3, -0.25) is 14.8 Å². The SMILES string of the molecule is COCCNCc1cn(CCC(=O)NC(N)=O)nn1. The van der Waals surface area contributed by atoms with Crippen molar-refractivity contribution in [1.82, 2.24) is 25.6 Å². The Morgan fingerprint density at radius 1 is 1.53 bits per heavy atom. The van der Waals surface area contributed by atoms with Gasteiger partial charge >= 0.3 is 6.03 Å². The van der Waals surface area contributed by atoms with Gasteiger partial charge in [-0.15, -0.1) is 5.10 Å². The van der Waals surface area contributed by atoms with E-state index in [-0.39, 0.29) is 6.42 Å². The van der Waals surface area contributed by atoms with Gasteiger partial charge in [-0.05, 0) is 0 Å². The van der Waals surface area contributed by atoms with E-state index in [0.717, 1.165) is 12.2 Å². The summed E-state index contributed by atoms with van der Waals surface area (Å²) in [5.74, 6) is -0.442. The topological polar surface area (TPSA) is 124 Å². The number of amides is 3. The average Bonchev–Trinajstić information content (AvgIpc) is 2.79. The van der Waals surface area contributed by atoms with Crippen LogP contribution in [-0.4, -0.2) is 47.2 Å². The second-order valence-electron chi connectivity index (χ2n) is 3.80. The Bertz CT molecular complexity index is 419. The Labute approximate surface area is 110 Å². The highest BCUT2D eigenvalue weighted by atomic mass is 16.5. The maximum Gasteiger partial charge on any atom is 0.318 e. The summed E-state index contributed by atoms with van der Waals surface area (Å²) in [6.07, 6.45) is 1.85. The maximum absolute atomic E-state index is 11.2. The van der Waals surface area contributed by atoms with E-state index in [0.29, 0.717) is 19.7 Å². The number of ether oxygens (including phenoxy) is 1. The number of imide groups is 1. The highest BCUT2D eigenvalue weighted by Gasteiger charge is 2.06. The van der Waals surface area contributed by atoms with Crippen LogP contribution in [-0.2, 0) is 22.6 Å². The number of aromatic nitrogens is 3. The standard InChI is InChI=1S/C10H18N6O3/c1-19-5-3-12-6-8-7-16(15-14-8)4-2-9(17)13-10(11)18/h7,12H,2-6H2,1H3,(H3,11,13,17,18). The van der Waals surface area contributed by atoms with E-state index in [1.165, 1.54) is 4.68 Å². The molecule has 1 heterocycles. The predicted octanol–water partition coefficient (Wildman–Crippen LogP) is -1.40. The van der Waals surface area contributed by atoms with Crippen LogP contribution in [0.4, 0.5) is 4.79 Å². The Hall–Kier alpha value is -2.00. The van der Waals surface area contributed by atoms with E-state index in [4.69, 9.17) is 10.5 Å². The van der Waals surface area contributed by atoms with Crippen molar-refractivity contribution in [3.05, 3.63) is 11.9 Å². The van der Waals surface area contributed by atoms with E-state index >= 15 is 0 Å². The molecule has 1 rings (SSSR count). The zero-order valence-electron chi connectivity index (χ0n) is 10.8.